The smallest absolute Gasteiger partial charge is 0.323 e. The van der Waals surface area contributed by atoms with Gasteiger partial charge in [-0.3, -0.25) is 5.32 Å². The van der Waals surface area contributed by atoms with Gasteiger partial charge < -0.3 is 14.5 Å². The van der Waals surface area contributed by atoms with Crippen LogP contribution in [0.4, 0.5) is 16.4 Å². The van der Waals surface area contributed by atoms with E-state index < -0.39 is 0 Å². The lowest BCUT2D eigenvalue weighted by Crippen LogP contribution is -2.50. The van der Waals surface area contributed by atoms with Gasteiger partial charge in [-0.25, -0.2) is 19.7 Å². The molecule has 4 rings (SSSR count). The van der Waals surface area contributed by atoms with Gasteiger partial charge in [-0.05, 0) is 36.8 Å². The first-order valence-corrected chi connectivity index (χ1v) is 9.18. The van der Waals surface area contributed by atoms with Crippen LogP contribution in [0.15, 0.2) is 42.6 Å². The maximum atomic E-state index is 12.7. The average Bonchev–Trinajstić information content (AvgIpc) is 2.74. The van der Waals surface area contributed by atoms with Crippen molar-refractivity contribution in [3.8, 4) is 5.88 Å². The number of aryl methyl sites for hydroxylation is 1. The van der Waals surface area contributed by atoms with E-state index in [4.69, 9.17) is 4.74 Å². The minimum Gasteiger partial charge on any atom is -0.478 e. The molecule has 8 nitrogen and oxygen atoms in total. The number of carbonyl (C=O) groups excluding carboxylic acids is 1. The topological polar surface area (TPSA) is 83.5 Å². The number of methoxy groups -OCH3 is 1. The van der Waals surface area contributed by atoms with Crippen molar-refractivity contribution < 1.29 is 9.53 Å². The van der Waals surface area contributed by atoms with E-state index in [1.165, 1.54) is 7.11 Å². The lowest BCUT2D eigenvalue weighted by Gasteiger charge is -2.35. The van der Waals surface area contributed by atoms with Crippen LogP contribution in [0.2, 0.25) is 0 Å². The molecule has 0 spiro atoms. The molecule has 1 saturated heterocycles. The summed E-state index contributed by atoms with van der Waals surface area (Å²) in [6, 6.07) is 11.4. The van der Waals surface area contributed by atoms with Crippen LogP contribution in [0.3, 0.4) is 0 Å². The molecule has 0 radical (unpaired) electrons. The van der Waals surface area contributed by atoms with Crippen LogP contribution >= 0.6 is 0 Å². The summed E-state index contributed by atoms with van der Waals surface area (Å²) >= 11 is 0. The lowest BCUT2D eigenvalue weighted by molar-refractivity contribution is 0.208. The van der Waals surface area contributed by atoms with Gasteiger partial charge in [0.1, 0.15) is 5.82 Å². The zero-order chi connectivity index (χ0) is 19.5. The number of fused-ring (bicyclic) bond motifs is 1. The van der Waals surface area contributed by atoms with Crippen LogP contribution < -0.4 is 15.0 Å². The molecule has 0 unspecified atom stereocenters. The van der Waals surface area contributed by atoms with Gasteiger partial charge >= 0.3 is 6.03 Å². The Morgan fingerprint density at radius 2 is 1.89 bits per heavy atom. The number of nitrogens with one attached hydrogen (secondary N) is 1. The van der Waals surface area contributed by atoms with E-state index >= 15 is 0 Å². The molecule has 8 heteroatoms. The summed E-state index contributed by atoms with van der Waals surface area (Å²) < 4.78 is 5.33. The number of urea groups is 1. The van der Waals surface area contributed by atoms with Gasteiger partial charge in [-0.15, -0.1) is 0 Å². The third kappa shape index (κ3) is 3.66. The first-order chi connectivity index (χ1) is 13.6. The van der Waals surface area contributed by atoms with Gasteiger partial charge in [-0.1, -0.05) is 12.1 Å². The summed E-state index contributed by atoms with van der Waals surface area (Å²) in [6.07, 6.45) is 1.78. The molecular formula is C20H22N6O2. The molecule has 2 aromatic heterocycles. The maximum absolute atomic E-state index is 12.7. The van der Waals surface area contributed by atoms with Crippen LogP contribution in [0.25, 0.3) is 11.0 Å². The molecule has 0 aliphatic carbocycles. The molecule has 28 heavy (non-hydrogen) atoms. The number of carbonyl (C=O) groups is 1. The fraction of sp³-hybridized carbons (Fsp3) is 0.300. The minimum absolute atomic E-state index is 0.209. The Labute approximate surface area is 163 Å². The highest BCUT2D eigenvalue weighted by molar-refractivity contribution is 5.91. The molecule has 3 heterocycles. The van der Waals surface area contributed by atoms with Crippen LogP contribution in [0, 0.1) is 6.92 Å². The summed E-state index contributed by atoms with van der Waals surface area (Å²) in [5.74, 6) is 1.56. The fourth-order valence-corrected chi connectivity index (χ4v) is 3.23. The van der Waals surface area contributed by atoms with Gasteiger partial charge in [0.15, 0.2) is 5.82 Å². The van der Waals surface area contributed by atoms with E-state index in [0.717, 1.165) is 30.0 Å². The van der Waals surface area contributed by atoms with Crippen molar-refractivity contribution in [3.63, 3.8) is 0 Å². The van der Waals surface area contributed by atoms with E-state index in [1.807, 2.05) is 43.3 Å². The second kappa shape index (κ2) is 7.67. The third-order valence-corrected chi connectivity index (χ3v) is 4.75. The highest BCUT2D eigenvalue weighted by Gasteiger charge is 2.23. The monoisotopic (exact) mass is 378 g/mol. The maximum Gasteiger partial charge on any atom is 0.323 e. The van der Waals surface area contributed by atoms with E-state index in [9.17, 15) is 4.79 Å². The number of piperazine rings is 1. The first-order valence-electron chi connectivity index (χ1n) is 9.18. The molecule has 0 bridgehead atoms. The van der Waals surface area contributed by atoms with Gasteiger partial charge in [0.05, 0.1) is 18.1 Å². The van der Waals surface area contributed by atoms with Crippen LogP contribution in [0.1, 0.15) is 5.56 Å². The van der Waals surface area contributed by atoms with Gasteiger partial charge in [-0.2, -0.15) is 0 Å². The van der Waals surface area contributed by atoms with Crippen molar-refractivity contribution in [1.82, 2.24) is 19.9 Å². The Bertz CT molecular complexity index is 987. The Balaban J connectivity index is 1.46. The molecule has 1 aliphatic rings. The second-order valence-electron chi connectivity index (χ2n) is 6.67. The summed E-state index contributed by atoms with van der Waals surface area (Å²) in [5.41, 5.74) is 2.53. The van der Waals surface area contributed by atoms with E-state index in [1.54, 1.807) is 11.1 Å². The predicted octanol–water partition coefficient (Wildman–Crippen LogP) is 2.70. The Hall–Kier alpha value is -3.42. The SMILES string of the molecule is COc1nc2cc(C)ccc2nc1NC(=O)N1CCN(c2ccccn2)CC1. The van der Waals surface area contributed by atoms with E-state index in [-0.39, 0.29) is 6.03 Å². The summed E-state index contributed by atoms with van der Waals surface area (Å²) in [7, 11) is 1.52. The molecule has 144 valence electrons. The molecule has 1 N–H and O–H groups in total. The van der Waals surface area contributed by atoms with Gasteiger partial charge in [0.2, 0.25) is 0 Å². The van der Waals surface area contributed by atoms with Crippen molar-refractivity contribution in [2.24, 2.45) is 0 Å². The summed E-state index contributed by atoms with van der Waals surface area (Å²) in [4.78, 5) is 30.0. The van der Waals surface area contributed by atoms with E-state index in [0.29, 0.717) is 30.3 Å². The quantitative estimate of drug-likeness (QED) is 0.754. The average molecular weight is 378 g/mol. The van der Waals surface area contributed by atoms with Crippen molar-refractivity contribution in [1.29, 1.82) is 0 Å². The lowest BCUT2D eigenvalue weighted by atomic mass is 10.2. The third-order valence-electron chi connectivity index (χ3n) is 4.75. The first kappa shape index (κ1) is 18.0. The number of benzene rings is 1. The summed E-state index contributed by atoms with van der Waals surface area (Å²) in [6.45, 7) is 4.65. The number of ether oxygens (including phenoxy) is 1. The Morgan fingerprint density at radius 1 is 1.07 bits per heavy atom. The van der Waals surface area contributed by atoms with Crippen molar-refractivity contribution in [3.05, 3.63) is 48.2 Å². The van der Waals surface area contributed by atoms with Crippen LogP contribution in [0.5, 0.6) is 5.88 Å². The van der Waals surface area contributed by atoms with E-state index in [2.05, 4.69) is 25.2 Å². The number of aromatic nitrogens is 3. The van der Waals surface area contributed by atoms with Crippen LogP contribution in [-0.2, 0) is 0 Å². The number of amides is 2. The van der Waals surface area contributed by atoms with Gasteiger partial charge in [0.25, 0.3) is 5.88 Å². The Kier molecular flexibility index (Phi) is 4.92. The standard InChI is InChI=1S/C20H22N6O2/c1-14-6-7-15-16(13-14)23-19(28-2)18(22-15)24-20(27)26-11-9-25(10-12-26)17-5-3-4-8-21-17/h3-8,13H,9-12H2,1-2H3,(H,22,24,27). The highest BCUT2D eigenvalue weighted by atomic mass is 16.5. The fourth-order valence-electron chi connectivity index (χ4n) is 3.23. The number of rotatable bonds is 3. The van der Waals surface area contributed by atoms with Crippen molar-refractivity contribution in [2.75, 3.05) is 43.5 Å². The number of pyridine rings is 1. The van der Waals surface area contributed by atoms with Crippen LogP contribution in [-0.4, -0.2) is 59.2 Å². The van der Waals surface area contributed by atoms with Crippen molar-refractivity contribution in [2.45, 2.75) is 6.92 Å². The molecule has 1 aromatic carbocycles. The number of hydrogen-bond acceptors (Lipinski definition) is 6. The Morgan fingerprint density at radius 3 is 2.61 bits per heavy atom. The normalized spacial score (nSPS) is 14.2. The molecule has 2 amide bonds. The molecule has 3 aromatic rings. The number of nitrogens with zero attached hydrogens (tertiary/aromatic N) is 5. The second-order valence-corrected chi connectivity index (χ2v) is 6.67. The largest absolute Gasteiger partial charge is 0.478 e. The minimum atomic E-state index is -0.209. The number of hydrogen-bond donors (Lipinski definition) is 1. The predicted molar refractivity (Wildman–Crippen MR) is 108 cm³/mol. The molecule has 0 atom stereocenters. The molecular weight excluding hydrogens is 356 g/mol. The highest BCUT2D eigenvalue weighted by Crippen LogP contribution is 2.24. The number of anilines is 2. The molecule has 0 saturated carbocycles. The molecule has 1 aliphatic heterocycles. The zero-order valence-electron chi connectivity index (χ0n) is 15.9. The summed E-state index contributed by atoms with van der Waals surface area (Å²) in [5, 5.41) is 2.85. The zero-order valence-corrected chi connectivity index (χ0v) is 15.9. The molecule has 1 fully saturated rings. The van der Waals surface area contributed by atoms with Crippen molar-refractivity contribution >= 4 is 28.7 Å². The van der Waals surface area contributed by atoms with Gasteiger partial charge in [0, 0.05) is 32.4 Å².